The lowest BCUT2D eigenvalue weighted by Crippen LogP contribution is -2.52. The Morgan fingerprint density at radius 1 is 0.962 bits per heavy atom. The highest BCUT2D eigenvalue weighted by Gasteiger charge is 2.24. The fraction of sp³-hybridized carbons (Fsp3) is 0.250. The standard InChI is InChI=1S/C20H21ClN4O/c1-23-11-13-24(14-12-23)22-20(26)18-16-9-5-6-10-17(16)25(19(18)21)15-7-3-2-4-8-15/h2-10H,11-14H2,1H3,(H,22,26). The van der Waals surface area contributed by atoms with Crippen molar-refractivity contribution in [1.82, 2.24) is 19.9 Å². The normalized spacial score (nSPS) is 16.1. The van der Waals surface area contributed by atoms with Crippen LogP contribution < -0.4 is 5.43 Å². The summed E-state index contributed by atoms with van der Waals surface area (Å²) in [4.78, 5) is 15.3. The molecular formula is C20H21ClN4O. The molecule has 1 amide bonds. The number of fused-ring (bicyclic) bond motifs is 1. The zero-order chi connectivity index (χ0) is 18.1. The van der Waals surface area contributed by atoms with Crippen molar-refractivity contribution in [3.05, 3.63) is 65.3 Å². The number of rotatable bonds is 3. The molecule has 1 aliphatic rings. The third-order valence-electron chi connectivity index (χ3n) is 4.82. The molecule has 0 bridgehead atoms. The first kappa shape index (κ1) is 17.1. The Labute approximate surface area is 157 Å². The zero-order valence-corrected chi connectivity index (χ0v) is 15.4. The van der Waals surface area contributed by atoms with Crippen molar-refractivity contribution in [2.24, 2.45) is 0 Å². The number of nitrogens with zero attached hydrogens (tertiary/aromatic N) is 3. The maximum atomic E-state index is 13.0. The van der Waals surface area contributed by atoms with Crippen molar-refractivity contribution in [2.75, 3.05) is 33.2 Å². The van der Waals surface area contributed by atoms with Crippen molar-refractivity contribution >= 4 is 28.4 Å². The lowest BCUT2D eigenvalue weighted by molar-refractivity contribution is 0.0664. The fourth-order valence-corrected chi connectivity index (χ4v) is 3.75. The molecule has 2 heterocycles. The van der Waals surface area contributed by atoms with Crippen LogP contribution in [0.1, 0.15) is 10.4 Å². The lowest BCUT2D eigenvalue weighted by Gasteiger charge is -2.32. The monoisotopic (exact) mass is 368 g/mol. The number of hydrogen-bond acceptors (Lipinski definition) is 3. The second kappa shape index (κ2) is 7.11. The molecule has 1 N–H and O–H groups in total. The molecule has 134 valence electrons. The summed E-state index contributed by atoms with van der Waals surface area (Å²) in [7, 11) is 2.09. The van der Waals surface area contributed by atoms with Crippen LogP contribution in [0.5, 0.6) is 0 Å². The van der Waals surface area contributed by atoms with Gasteiger partial charge in [0.25, 0.3) is 5.91 Å². The fourth-order valence-electron chi connectivity index (χ4n) is 3.37. The van der Waals surface area contributed by atoms with E-state index in [-0.39, 0.29) is 5.91 Å². The second-order valence-corrected chi connectivity index (χ2v) is 6.94. The van der Waals surface area contributed by atoms with Crippen molar-refractivity contribution in [3.63, 3.8) is 0 Å². The minimum absolute atomic E-state index is 0.162. The van der Waals surface area contributed by atoms with Gasteiger partial charge in [-0.25, -0.2) is 5.01 Å². The van der Waals surface area contributed by atoms with Crippen molar-refractivity contribution < 1.29 is 4.79 Å². The van der Waals surface area contributed by atoms with Crippen LogP contribution in [-0.4, -0.2) is 53.6 Å². The first-order valence-corrected chi connectivity index (χ1v) is 9.12. The van der Waals surface area contributed by atoms with Gasteiger partial charge in [0.05, 0.1) is 11.1 Å². The summed E-state index contributed by atoms with van der Waals surface area (Å²) in [6, 6.07) is 17.7. The molecule has 0 radical (unpaired) electrons. The number of aromatic nitrogens is 1. The first-order valence-electron chi connectivity index (χ1n) is 8.74. The summed E-state index contributed by atoms with van der Waals surface area (Å²) < 4.78 is 1.93. The summed E-state index contributed by atoms with van der Waals surface area (Å²) in [5.74, 6) is -0.162. The predicted molar refractivity (Wildman–Crippen MR) is 105 cm³/mol. The number of carbonyl (C=O) groups excluding carboxylic acids is 1. The van der Waals surface area contributed by atoms with Gasteiger partial charge in [-0.15, -0.1) is 0 Å². The van der Waals surface area contributed by atoms with E-state index in [1.807, 2.05) is 64.2 Å². The Balaban J connectivity index is 1.73. The van der Waals surface area contributed by atoms with E-state index < -0.39 is 0 Å². The lowest BCUT2D eigenvalue weighted by atomic mass is 10.1. The Bertz CT molecular complexity index is 930. The molecule has 0 unspecified atom stereocenters. The van der Waals surface area contributed by atoms with Crippen LogP contribution in [0.15, 0.2) is 54.6 Å². The quantitative estimate of drug-likeness (QED) is 0.772. The van der Waals surface area contributed by atoms with Gasteiger partial charge in [0, 0.05) is 37.3 Å². The van der Waals surface area contributed by atoms with Crippen LogP contribution in [0.4, 0.5) is 0 Å². The van der Waals surface area contributed by atoms with E-state index in [9.17, 15) is 4.79 Å². The molecular weight excluding hydrogens is 348 g/mol. The number of halogens is 1. The number of hydrogen-bond donors (Lipinski definition) is 1. The predicted octanol–water partition coefficient (Wildman–Crippen LogP) is 3.18. The van der Waals surface area contributed by atoms with Gasteiger partial charge in [-0.1, -0.05) is 48.0 Å². The maximum Gasteiger partial charge on any atom is 0.269 e. The summed E-state index contributed by atoms with van der Waals surface area (Å²) in [5.41, 5.74) is 5.40. The number of likely N-dealkylation sites (N-methyl/N-ethyl adjacent to an activating group) is 1. The molecule has 6 heteroatoms. The Morgan fingerprint density at radius 3 is 2.35 bits per heavy atom. The summed E-state index contributed by atoms with van der Waals surface area (Å²) in [5, 5.41) is 3.25. The molecule has 5 nitrogen and oxygen atoms in total. The number of piperazine rings is 1. The van der Waals surface area contributed by atoms with E-state index >= 15 is 0 Å². The van der Waals surface area contributed by atoms with Gasteiger partial charge in [0.2, 0.25) is 0 Å². The minimum Gasteiger partial charge on any atom is -0.304 e. The van der Waals surface area contributed by atoms with Crippen LogP contribution in [0.2, 0.25) is 5.15 Å². The van der Waals surface area contributed by atoms with E-state index in [2.05, 4.69) is 17.4 Å². The van der Waals surface area contributed by atoms with Gasteiger partial charge in [-0.3, -0.25) is 14.8 Å². The van der Waals surface area contributed by atoms with E-state index in [0.29, 0.717) is 10.7 Å². The third-order valence-corrected chi connectivity index (χ3v) is 5.18. The van der Waals surface area contributed by atoms with Gasteiger partial charge >= 0.3 is 0 Å². The summed E-state index contributed by atoms with van der Waals surface area (Å²) >= 11 is 6.70. The van der Waals surface area contributed by atoms with Crippen LogP contribution in [0.25, 0.3) is 16.6 Å². The van der Waals surface area contributed by atoms with Crippen LogP contribution >= 0.6 is 11.6 Å². The number of nitrogens with one attached hydrogen (secondary N) is 1. The minimum atomic E-state index is -0.162. The molecule has 1 fully saturated rings. The van der Waals surface area contributed by atoms with Gasteiger partial charge in [-0.2, -0.15) is 0 Å². The van der Waals surface area contributed by atoms with Crippen LogP contribution in [0, 0.1) is 0 Å². The summed E-state index contributed by atoms with van der Waals surface area (Å²) in [6.45, 7) is 3.47. The average molecular weight is 369 g/mol. The summed E-state index contributed by atoms with van der Waals surface area (Å²) in [6.07, 6.45) is 0. The van der Waals surface area contributed by atoms with E-state index in [1.165, 1.54) is 0 Å². The molecule has 0 aliphatic carbocycles. The van der Waals surface area contributed by atoms with Crippen LogP contribution in [0.3, 0.4) is 0 Å². The molecule has 1 saturated heterocycles. The number of benzene rings is 2. The topological polar surface area (TPSA) is 40.5 Å². The number of carbonyl (C=O) groups is 1. The molecule has 0 atom stereocenters. The number of para-hydroxylation sites is 2. The van der Waals surface area contributed by atoms with E-state index in [1.54, 1.807) is 0 Å². The Morgan fingerprint density at radius 2 is 1.62 bits per heavy atom. The van der Waals surface area contributed by atoms with E-state index in [4.69, 9.17) is 11.6 Å². The Kier molecular flexibility index (Phi) is 4.68. The number of hydrazine groups is 1. The van der Waals surface area contributed by atoms with Gasteiger partial charge in [0.15, 0.2) is 0 Å². The number of amides is 1. The average Bonchev–Trinajstić information content (AvgIpc) is 2.96. The largest absolute Gasteiger partial charge is 0.304 e. The second-order valence-electron chi connectivity index (χ2n) is 6.59. The third kappa shape index (κ3) is 3.09. The van der Waals surface area contributed by atoms with Crippen molar-refractivity contribution in [3.8, 4) is 5.69 Å². The maximum absolute atomic E-state index is 13.0. The smallest absolute Gasteiger partial charge is 0.269 e. The highest BCUT2D eigenvalue weighted by Crippen LogP contribution is 2.33. The van der Waals surface area contributed by atoms with E-state index in [0.717, 1.165) is 42.8 Å². The molecule has 0 saturated carbocycles. The van der Waals surface area contributed by atoms with Crippen molar-refractivity contribution in [1.29, 1.82) is 0 Å². The first-order chi connectivity index (χ1) is 12.6. The molecule has 4 rings (SSSR count). The SMILES string of the molecule is CN1CCN(NC(=O)c2c(Cl)n(-c3ccccc3)c3ccccc23)CC1. The van der Waals surface area contributed by atoms with Crippen molar-refractivity contribution in [2.45, 2.75) is 0 Å². The van der Waals surface area contributed by atoms with Gasteiger partial charge < -0.3 is 4.90 Å². The highest BCUT2D eigenvalue weighted by atomic mass is 35.5. The van der Waals surface area contributed by atoms with Gasteiger partial charge in [0.1, 0.15) is 5.15 Å². The highest BCUT2D eigenvalue weighted by molar-refractivity contribution is 6.35. The van der Waals surface area contributed by atoms with Crippen LogP contribution in [-0.2, 0) is 0 Å². The molecule has 1 aliphatic heterocycles. The molecule has 1 aromatic heterocycles. The van der Waals surface area contributed by atoms with Gasteiger partial charge in [-0.05, 0) is 25.2 Å². The molecule has 26 heavy (non-hydrogen) atoms. The molecule has 2 aromatic carbocycles. The zero-order valence-electron chi connectivity index (χ0n) is 14.7. The molecule has 0 spiro atoms. The molecule has 3 aromatic rings. The Hall–Kier alpha value is -2.34.